The maximum Gasteiger partial charge on any atom is 0.333 e. The Morgan fingerprint density at radius 2 is 1.64 bits per heavy atom. The molecule has 28 heavy (non-hydrogen) atoms. The lowest BCUT2D eigenvalue weighted by Crippen LogP contribution is -2.34. The number of benzene rings is 2. The molecule has 2 rings (SSSR count). The van der Waals surface area contributed by atoms with Crippen molar-refractivity contribution in [2.75, 3.05) is 13.7 Å². The van der Waals surface area contributed by atoms with E-state index in [1.165, 1.54) is 12.7 Å². The van der Waals surface area contributed by atoms with Crippen molar-refractivity contribution in [3.05, 3.63) is 65.7 Å². The van der Waals surface area contributed by atoms with Crippen LogP contribution in [-0.2, 0) is 19.7 Å². The van der Waals surface area contributed by atoms with Crippen LogP contribution in [0.2, 0.25) is 0 Å². The molecule has 0 aromatic heterocycles. The summed E-state index contributed by atoms with van der Waals surface area (Å²) in [7, 11) is 1.31. The highest BCUT2D eigenvalue weighted by molar-refractivity contribution is 5.85. The Kier molecular flexibility index (Phi) is 7.61. The average Bonchev–Trinajstić information content (AvgIpc) is 2.69. The van der Waals surface area contributed by atoms with Crippen molar-refractivity contribution >= 4 is 11.9 Å². The summed E-state index contributed by atoms with van der Waals surface area (Å²) in [6.07, 6.45) is 0.815. The van der Waals surface area contributed by atoms with Crippen molar-refractivity contribution in [1.82, 2.24) is 5.32 Å². The van der Waals surface area contributed by atoms with Crippen molar-refractivity contribution in [3.8, 4) is 5.75 Å². The molecule has 2 aromatic rings. The second kappa shape index (κ2) is 9.93. The first-order chi connectivity index (χ1) is 13.3. The van der Waals surface area contributed by atoms with Crippen LogP contribution in [0.4, 0.5) is 0 Å². The van der Waals surface area contributed by atoms with Gasteiger partial charge in [0.15, 0.2) is 6.04 Å². The highest BCUT2D eigenvalue weighted by Gasteiger charge is 2.23. The monoisotopic (exact) mass is 383 g/mol. The molecule has 1 amide bonds. The first kappa shape index (κ1) is 21.5. The normalized spacial score (nSPS) is 12.1. The van der Waals surface area contributed by atoms with Crippen molar-refractivity contribution in [3.63, 3.8) is 0 Å². The van der Waals surface area contributed by atoms with Crippen LogP contribution in [0.25, 0.3) is 0 Å². The van der Waals surface area contributed by atoms with E-state index in [0.717, 1.165) is 5.75 Å². The molecule has 1 N–H and O–H groups in total. The summed E-state index contributed by atoms with van der Waals surface area (Å²) in [4.78, 5) is 24.2. The first-order valence-corrected chi connectivity index (χ1v) is 9.47. The van der Waals surface area contributed by atoms with Crippen molar-refractivity contribution < 1.29 is 19.1 Å². The molecule has 1 atom stereocenters. The Balaban J connectivity index is 1.80. The molecule has 5 heteroatoms. The summed E-state index contributed by atoms with van der Waals surface area (Å²) in [5, 5.41) is 2.74. The minimum Gasteiger partial charge on any atom is -0.494 e. The topological polar surface area (TPSA) is 64.6 Å². The summed E-state index contributed by atoms with van der Waals surface area (Å²) in [5.41, 5.74) is 2.04. The molecule has 5 nitrogen and oxygen atoms in total. The lowest BCUT2D eigenvalue weighted by Gasteiger charge is -2.19. The smallest absolute Gasteiger partial charge is 0.333 e. The summed E-state index contributed by atoms with van der Waals surface area (Å²) < 4.78 is 10.5. The maximum absolute atomic E-state index is 12.2. The number of methoxy groups -OCH3 is 1. The molecule has 0 aliphatic heterocycles. The number of amides is 1. The van der Waals surface area contributed by atoms with Crippen LogP contribution in [0.1, 0.15) is 50.8 Å². The fraction of sp³-hybridized carbons (Fsp3) is 0.391. The quantitative estimate of drug-likeness (QED) is 0.549. The zero-order valence-electron chi connectivity index (χ0n) is 17.0. The molecular formula is C23H29NO4. The van der Waals surface area contributed by atoms with Gasteiger partial charge < -0.3 is 14.8 Å². The van der Waals surface area contributed by atoms with Gasteiger partial charge in [-0.05, 0) is 35.1 Å². The lowest BCUT2D eigenvalue weighted by molar-refractivity contribution is -0.145. The minimum absolute atomic E-state index is 0.103. The molecule has 0 aliphatic carbocycles. The largest absolute Gasteiger partial charge is 0.494 e. The van der Waals surface area contributed by atoms with E-state index in [0.29, 0.717) is 18.6 Å². The number of hydrogen-bond donors (Lipinski definition) is 1. The molecule has 0 aliphatic rings. The minimum atomic E-state index is -0.801. The van der Waals surface area contributed by atoms with Crippen LogP contribution >= 0.6 is 0 Å². The average molecular weight is 383 g/mol. The van der Waals surface area contributed by atoms with E-state index in [1.54, 1.807) is 12.1 Å². The van der Waals surface area contributed by atoms with Crippen molar-refractivity contribution in [1.29, 1.82) is 0 Å². The molecule has 150 valence electrons. The summed E-state index contributed by atoms with van der Waals surface area (Å²) >= 11 is 0. The van der Waals surface area contributed by atoms with E-state index in [9.17, 15) is 9.59 Å². The molecule has 0 heterocycles. The maximum atomic E-state index is 12.2. The fourth-order valence-electron chi connectivity index (χ4n) is 2.75. The van der Waals surface area contributed by atoms with Gasteiger partial charge in [0.25, 0.3) is 0 Å². The van der Waals surface area contributed by atoms with Gasteiger partial charge in [0.05, 0.1) is 13.7 Å². The SMILES string of the molecule is COC(=O)C(NC(=O)CCCOc1ccc(C(C)(C)C)cc1)c1ccccc1. The van der Waals surface area contributed by atoms with Gasteiger partial charge in [-0.3, -0.25) is 4.79 Å². The van der Waals surface area contributed by atoms with Crippen molar-refractivity contribution in [2.45, 2.75) is 45.1 Å². The first-order valence-electron chi connectivity index (χ1n) is 9.47. The molecular weight excluding hydrogens is 354 g/mol. The molecule has 1 unspecified atom stereocenters. The molecule has 0 saturated heterocycles. The fourth-order valence-corrected chi connectivity index (χ4v) is 2.75. The predicted molar refractivity (Wildman–Crippen MR) is 109 cm³/mol. The van der Waals surface area contributed by atoms with E-state index >= 15 is 0 Å². The summed E-state index contributed by atoms with van der Waals surface area (Å²) in [5.74, 6) is 0.0748. The summed E-state index contributed by atoms with van der Waals surface area (Å²) in [6.45, 7) is 6.92. The number of nitrogens with one attached hydrogen (secondary N) is 1. The predicted octanol–water partition coefficient (Wildman–Crippen LogP) is 4.17. The molecule has 0 fully saturated rings. The van der Waals surface area contributed by atoms with E-state index in [4.69, 9.17) is 9.47 Å². The van der Waals surface area contributed by atoms with Gasteiger partial charge in [-0.1, -0.05) is 63.2 Å². The molecule has 0 saturated carbocycles. The lowest BCUT2D eigenvalue weighted by atomic mass is 9.87. The van der Waals surface area contributed by atoms with Crippen LogP contribution in [0.3, 0.4) is 0 Å². The third-order valence-corrected chi connectivity index (χ3v) is 4.41. The number of ether oxygens (including phenoxy) is 2. The Hall–Kier alpha value is -2.82. The third-order valence-electron chi connectivity index (χ3n) is 4.41. The van der Waals surface area contributed by atoms with E-state index in [1.807, 2.05) is 30.3 Å². The van der Waals surface area contributed by atoms with Crippen LogP contribution in [0.5, 0.6) is 5.75 Å². The van der Waals surface area contributed by atoms with Gasteiger partial charge in [-0.15, -0.1) is 0 Å². The van der Waals surface area contributed by atoms with E-state index in [-0.39, 0.29) is 17.7 Å². The Morgan fingerprint density at radius 3 is 2.21 bits per heavy atom. The number of hydrogen-bond acceptors (Lipinski definition) is 4. The van der Waals surface area contributed by atoms with Crippen LogP contribution in [-0.4, -0.2) is 25.6 Å². The Bertz CT molecular complexity index is 763. The number of esters is 1. The van der Waals surface area contributed by atoms with Gasteiger partial charge in [0.2, 0.25) is 5.91 Å². The molecule has 0 bridgehead atoms. The molecule has 0 spiro atoms. The van der Waals surface area contributed by atoms with Crippen LogP contribution in [0, 0.1) is 0 Å². The zero-order chi connectivity index (χ0) is 20.6. The molecule has 0 radical (unpaired) electrons. The number of rotatable bonds is 8. The van der Waals surface area contributed by atoms with Crippen molar-refractivity contribution in [2.24, 2.45) is 0 Å². The summed E-state index contributed by atoms with van der Waals surface area (Å²) in [6, 6.07) is 16.3. The highest BCUT2D eigenvalue weighted by Crippen LogP contribution is 2.24. The van der Waals surface area contributed by atoms with Gasteiger partial charge in [-0.25, -0.2) is 4.79 Å². The highest BCUT2D eigenvalue weighted by atomic mass is 16.5. The van der Waals surface area contributed by atoms with Gasteiger partial charge in [0.1, 0.15) is 5.75 Å². The van der Waals surface area contributed by atoms with Crippen LogP contribution < -0.4 is 10.1 Å². The van der Waals surface area contributed by atoms with Gasteiger partial charge in [-0.2, -0.15) is 0 Å². The number of carbonyl (C=O) groups is 2. The second-order valence-corrected chi connectivity index (χ2v) is 7.66. The third kappa shape index (κ3) is 6.41. The van der Waals surface area contributed by atoms with Crippen LogP contribution in [0.15, 0.2) is 54.6 Å². The van der Waals surface area contributed by atoms with E-state index in [2.05, 4.69) is 38.2 Å². The van der Waals surface area contributed by atoms with Gasteiger partial charge >= 0.3 is 5.97 Å². The number of carbonyl (C=O) groups excluding carboxylic acids is 2. The second-order valence-electron chi connectivity index (χ2n) is 7.66. The standard InChI is InChI=1S/C23H29NO4/c1-23(2,3)18-12-14-19(15-13-18)28-16-8-11-20(25)24-21(22(26)27-4)17-9-6-5-7-10-17/h5-7,9-10,12-15,21H,8,11,16H2,1-4H3,(H,24,25). The van der Waals surface area contributed by atoms with E-state index < -0.39 is 12.0 Å². The Morgan fingerprint density at radius 1 is 1.00 bits per heavy atom. The van der Waals surface area contributed by atoms with Gasteiger partial charge in [0, 0.05) is 6.42 Å². The molecule has 2 aromatic carbocycles. The Labute approximate surface area is 167 Å². The zero-order valence-corrected chi connectivity index (χ0v) is 17.0.